The second-order valence-electron chi connectivity index (χ2n) is 4.67. The molecule has 2 heterocycles. The molecule has 3 rings (SSSR count). The lowest BCUT2D eigenvalue weighted by Gasteiger charge is -2.25. The van der Waals surface area contributed by atoms with E-state index in [2.05, 4.69) is 24.4 Å². The predicted molar refractivity (Wildman–Crippen MR) is 61.9 cm³/mol. The largest absolute Gasteiger partial charge is 0.448 e. The number of nitrogens with one attached hydrogen (secondary N) is 1. The molecule has 1 spiro atoms. The van der Waals surface area contributed by atoms with Crippen molar-refractivity contribution in [3.8, 4) is 11.5 Å². The average molecular weight is 219 g/mol. The van der Waals surface area contributed by atoms with Crippen molar-refractivity contribution in [3.05, 3.63) is 23.8 Å². The molecule has 0 bridgehead atoms. The van der Waals surface area contributed by atoms with Crippen LogP contribution in [0.25, 0.3) is 0 Å². The van der Waals surface area contributed by atoms with Gasteiger partial charge in [0.05, 0.1) is 0 Å². The van der Waals surface area contributed by atoms with Gasteiger partial charge < -0.3 is 14.8 Å². The molecule has 3 heteroatoms. The van der Waals surface area contributed by atoms with Crippen molar-refractivity contribution < 1.29 is 9.47 Å². The van der Waals surface area contributed by atoms with Gasteiger partial charge in [0.25, 0.3) is 5.79 Å². The monoisotopic (exact) mass is 219 g/mol. The summed E-state index contributed by atoms with van der Waals surface area (Å²) in [6, 6.07) is 6.14. The van der Waals surface area contributed by atoms with Crippen molar-refractivity contribution in [1.29, 1.82) is 0 Å². The fourth-order valence-electron chi connectivity index (χ4n) is 2.42. The SMILES string of the molecule is Cc1ccc2c(c1)OC1(CCCNCC1)O2. The third kappa shape index (κ3) is 1.65. The summed E-state index contributed by atoms with van der Waals surface area (Å²) in [7, 11) is 0. The maximum Gasteiger partial charge on any atom is 0.252 e. The van der Waals surface area contributed by atoms with E-state index in [0.717, 1.165) is 43.9 Å². The molecule has 16 heavy (non-hydrogen) atoms. The van der Waals surface area contributed by atoms with Crippen LogP contribution in [0.15, 0.2) is 18.2 Å². The second-order valence-corrected chi connectivity index (χ2v) is 4.67. The van der Waals surface area contributed by atoms with Gasteiger partial charge in [0, 0.05) is 19.4 Å². The Balaban J connectivity index is 1.87. The van der Waals surface area contributed by atoms with Gasteiger partial charge in [-0.05, 0) is 37.6 Å². The molecule has 2 aliphatic heterocycles. The lowest BCUT2D eigenvalue weighted by atomic mass is 10.1. The van der Waals surface area contributed by atoms with E-state index in [-0.39, 0.29) is 0 Å². The molecule has 0 aromatic heterocycles. The molecule has 1 atom stereocenters. The first-order valence-corrected chi connectivity index (χ1v) is 5.97. The van der Waals surface area contributed by atoms with Gasteiger partial charge in [-0.3, -0.25) is 0 Å². The van der Waals surface area contributed by atoms with E-state index >= 15 is 0 Å². The summed E-state index contributed by atoms with van der Waals surface area (Å²) >= 11 is 0. The molecule has 1 aromatic rings. The lowest BCUT2D eigenvalue weighted by Crippen LogP contribution is -2.39. The summed E-state index contributed by atoms with van der Waals surface area (Å²) < 4.78 is 12.0. The summed E-state index contributed by atoms with van der Waals surface area (Å²) in [5.74, 6) is 1.40. The molecular weight excluding hydrogens is 202 g/mol. The van der Waals surface area contributed by atoms with Crippen molar-refractivity contribution in [3.63, 3.8) is 0 Å². The molecule has 0 aliphatic carbocycles. The predicted octanol–water partition coefficient (Wildman–Crippen LogP) is 2.24. The Hall–Kier alpha value is -1.22. The third-order valence-corrected chi connectivity index (χ3v) is 3.29. The molecule has 0 saturated carbocycles. The molecule has 2 aliphatic rings. The van der Waals surface area contributed by atoms with Gasteiger partial charge in [0.15, 0.2) is 11.5 Å². The van der Waals surface area contributed by atoms with E-state index in [4.69, 9.17) is 9.47 Å². The molecule has 0 radical (unpaired) electrons. The summed E-state index contributed by atoms with van der Waals surface area (Å²) in [4.78, 5) is 0. The third-order valence-electron chi connectivity index (χ3n) is 3.29. The first kappa shape index (κ1) is 9.97. The molecule has 1 saturated heterocycles. The van der Waals surface area contributed by atoms with Gasteiger partial charge in [-0.1, -0.05) is 6.07 Å². The molecule has 1 N–H and O–H groups in total. The van der Waals surface area contributed by atoms with Crippen LogP contribution in [0.1, 0.15) is 24.8 Å². The zero-order valence-electron chi connectivity index (χ0n) is 9.58. The van der Waals surface area contributed by atoms with Gasteiger partial charge in [-0.15, -0.1) is 0 Å². The lowest BCUT2D eigenvalue weighted by molar-refractivity contribution is -0.0874. The number of benzene rings is 1. The zero-order chi connectivity index (χ0) is 11.0. The fourth-order valence-corrected chi connectivity index (χ4v) is 2.42. The van der Waals surface area contributed by atoms with Crippen LogP contribution in [0.4, 0.5) is 0 Å². The molecule has 1 aromatic carbocycles. The normalized spacial score (nSPS) is 28.1. The van der Waals surface area contributed by atoms with Crippen molar-refractivity contribution in [1.82, 2.24) is 5.32 Å². The Kier molecular flexibility index (Phi) is 2.28. The number of rotatable bonds is 0. The van der Waals surface area contributed by atoms with Crippen LogP contribution in [0.5, 0.6) is 11.5 Å². The second kappa shape index (κ2) is 3.67. The smallest absolute Gasteiger partial charge is 0.252 e. The van der Waals surface area contributed by atoms with Crippen LogP contribution < -0.4 is 14.8 Å². The zero-order valence-corrected chi connectivity index (χ0v) is 9.58. The van der Waals surface area contributed by atoms with Gasteiger partial charge >= 0.3 is 0 Å². The Bertz CT molecular complexity index is 395. The van der Waals surface area contributed by atoms with Gasteiger partial charge in [0.2, 0.25) is 0 Å². The van der Waals surface area contributed by atoms with Gasteiger partial charge in [-0.2, -0.15) is 0 Å². The Morgan fingerprint density at radius 1 is 1.12 bits per heavy atom. The first-order valence-electron chi connectivity index (χ1n) is 5.97. The van der Waals surface area contributed by atoms with Crippen molar-refractivity contribution >= 4 is 0 Å². The van der Waals surface area contributed by atoms with E-state index in [1.807, 2.05) is 6.07 Å². The average Bonchev–Trinajstić information content (AvgIpc) is 2.44. The maximum absolute atomic E-state index is 6.03. The number of hydrogen-bond donors (Lipinski definition) is 1. The van der Waals surface area contributed by atoms with E-state index < -0.39 is 5.79 Å². The molecule has 86 valence electrons. The summed E-state index contributed by atoms with van der Waals surface area (Å²) in [6.45, 7) is 4.10. The molecule has 3 nitrogen and oxygen atoms in total. The first-order chi connectivity index (χ1) is 7.77. The van der Waals surface area contributed by atoms with Crippen LogP contribution >= 0.6 is 0 Å². The highest BCUT2D eigenvalue weighted by atomic mass is 16.7. The highest BCUT2D eigenvalue weighted by Gasteiger charge is 2.41. The van der Waals surface area contributed by atoms with Crippen molar-refractivity contribution in [2.75, 3.05) is 13.1 Å². The van der Waals surface area contributed by atoms with Gasteiger partial charge in [-0.25, -0.2) is 0 Å². The quantitative estimate of drug-likeness (QED) is 0.726. The molecular formula is C13H17NO2. The number of hydrogen-bond acceptors (Lipinski definition) is 3. The number of aryl methyl sites for hydroxylation is 1. The number of ether oxygens (including phenoxy) is 2. The van der Waals surface area contributed by atoms with E-state index in [0.29, 0.717) is 0 Å². The van der Waals surface area contributed by atoms with Crippen LogP contribution in [-0.4, -0.2) is 18.9 Å². The topological polar surface area (TPSA) is 30.5 Å². The summed E-state index contributed by atoms with van der Waals surface area (Å²) in [5.41, 5.74) is 1.21. The molecule has 1 fully saturated rings. The van der Waals surface area contributed by atoms with Crippen LogP contribution in [0, 0.1) is 6.92 Å². The van der Waals surface area contributed by atoms with E-state index in [1.54, 1.807) is 0 Å². The van der Waals surface area contributed by atoms with Gasteiger partial charge in [0.1, 0.15) is 0 Å². The van der Waals surface area contributed by atoms with Crippen LogP contribution in [-0.2, 0) is 0 Å². The van der Waals surface area contributed by atoms with Crippen LogP contribution in [0.3, 0.4) is 0 Å². The number of fused-ring (bicyclic) bond motifs is 1. The summed E-state index contributed by atoms with van der Waals surface area (Å²) in [6.07, 6.45) is 2.99. The highest BCUT2D eigenvalue weighted by Crippen LogP contribution is 2.43. The fraction of sp³-hybridized carbons (Fsp3) is 0.538. The minimum atomic E-state index is -0.403. The van der Waals surface area contributed by atoms with E-state index in [1.165, 1.54) is 5.56 Å². The standard InChI is InChI=1S/C13H17NO2/c1-10-3-4-11-12(9-10)16-13(15-11)5-2-7-14-8-6-13/h3-4,9,14H,2,5-8H2,1H3. The molecule has 1 unspecified atom stereocenters. The minimum Gasteiger partial charge on any atom is -0.448 e. The Morgan fingerprint density at radius 2 is 2.00 bits per heavy atom. The highest BCUT2D eigenvalue weighted by molar-refractivity contribution is 5.45. The Morgan fingerprint density at radius 3 is 2.94 bits per heavy atom. The van der Waals surface area contributed by atoms with E-state index in [9.17, 15) is 0 Å². The minimum absolute atomic E-state index is 0.403. The van der Waals surface area contributed by atoms with Crippen molar-refractivity contribution in [2.45, 2.75) is 32.0 Å². The maximum atomic E-state index is 6.03. The Labute approximate surface area is 95.8 Å². The summed E-state index contributed by atoms with van der Waals surface area (Å²) in [5, 5.41) is 3.38. The van der Waals surface area contributed by atoms with Crippen LogP contribution in [0.2, 0.25) is 0 Å². The molecule has 0 amide bonds. The van der Waals surface area contributed by atoms with Crippen molar-refractivity contribution in [2.24, 2.45) is 0 Å².